The molecule has 74 valence electrons. The predicted molar refractivity (Wildman–Crippen MR) is 55.0 cm³/mol. The van der Waals surface area contributed by atoms with Gasteiger partial charge in [0.05, 0.1) is 5.70 Å². The van der Waals surface area contributed by atoms with Crippen molar-refractivity contribution in [1.82, 2.24) is 10.2 Å². The first-order chi connectivity index (χ1) is 6.08. The monoisotopic (exact) mass is 182 g/mol. The maximum absolute atomic E-state index is 11.3. The molecular formula is C10H18N2O. The Morgan fingerprint density at radius 3 is 2.46 bits per heavy atom. The highest BCUT2D eigenvalue weighted by atomic mass is 16.2. The maximum atomic E-state index is 11.3. The highest BCUT2D eigenvalue weighted by Gasteiger charge is 2.12. The Bertz CT molecular complexity index is 231. The summed E-state index contributed by atoms with van der Waals surface area (Å²) in [6, 6.07) is 0. The molecule has 0 spiro atoms. The zero-order valence-electron chi connectivity index (χ0n) is 8.85. The van der Waals surface area contributed by atoms with Crippen LogP contribution < -0.4 is 5.32 Å². The van der Waals surface area contributed by atoms with E-state index in [-0.39, 0.29) is 5.91 Å². The number of carbonyl (C=O) groups excluding carboxylic acids is 1. The van der Waals surface area contributed by atoms with Gasteiger partial charge in [-0.05, 0) is 20.8 Å². The smallest absolute Gasteiger partial charge is 0.267 e. The van der Waals surface area contributed by atoms with Crippen LogP contribution >= 0.6 is 0 Å². The number of rotatable bonds is 4. The van der Waals surface area contributed by atoms with Crippen molar-refractivity contribution < 1.29 is 4.79 Å². The number of hydrogen-bond donors (Lipinski definition) is 1. The van der Waals surface area contributed by atoms with Crippen LogP contribution in [0.2, 0.25) is 0 Å². The average molecular weight is 182 g/mol. The largest absolute Gasteiger partial charge is 0.354 e. The lowest BCUT2D eigenvalue weighted by atomic mass is 10.3. The SMILES string of the molecule is C=C(C(=O)NC)N(CC)/C(C)=C\C. The van der Waals surface area contributed by atoms with E-state index >= 15 is 0 Å². The fourth-order valence-corrected chi connectivity index (χ4v) is 1.08. The van der Waals surface area contributed by atoms with Crippen molar-refractivity contribution in [2.45, 2.75) is 20.8 Å². The molecule has 0 aliphatic heterocycles. The van der Waals surface area contributed by atoms with Gasteiger partial charge in [0, 0.05) is 19.3 Å². The summed E-state index contributed by atoms with van der Waals surface area (Å²) in [5, 5.41) is 2.55. The molecule has 0 saturated heterocycles. The van der Waals surface area contributed by atoms with Gasteiger partial charge in [-0.15, -0.1) is 0 Å². The highest BCUT2D eigenvalue weighted by molar-refractivity contribution is 5.92. The van der Waals surface area contributed by atoms with Crippen LogP contribution in [0.4, 0.5) is 0 Å². The van der Waals surface area contributed by atoms with E-state index < -0.39 is 0 Å². The third-order valence-electron chi connectivity index (χ3n) is 1.97. The minimum Gasteiger partial charge on any atom is -0.354 e. The Labute approximate surface area is 80.1 Å². The summed E-state index contributed by atoms with van der Waals surface area (Å²) in [6.45, 7) is 10.4. The summed E-state index contributed by atoms with van der Waals surface area (Å²) in [5.74, 6) is -0.136. The van der Waals surface area contributed by atoms with Crippen LogP contribution in [0.5, 0.6) is 0 Å². The van der Waals surface area contributed by atoms with Gasteiger partial charge in [0.15, 0.2) is 0 Å². The summed E-state index contributed by atoms with van der Waals surface area (Å²) >= 11 is 0. The normalized spacial score (nSPS) is 10.9. The van der Waals surface area contributed by atoms with Crippen LogP contribution in [0.1, 0.15) is 20.8 Å². The molecule has 0 aromatic heterocycles. The zero-order chi connectivity index (χ0) is 10.4. The molecule has 0 fully saturated rings. The van der Waals surface area contributed by atoms with Crippen LogP contribution in [0.25, 0.3) is 0 Å². The molecule has 0 unspecified atom stereocenters. The van der Waals surface area contributed by atoms with Gasteiger partial charge >= 0.3 is 0 Å². The number of hydrogen-bond acceptors (Lipinski definition) is 2. The lowest BCUT2D eigenvalue weighted by Crippen LogP contribution is -2.31. The Balaban J connectivity index is 4.60. The molecule has 0 aromatic rings. The van der Waals surface area contributed by atoms with E-state index in [4.69, 9.17) is 0 Å². The van der Waals surface area contributed by atoms with E-state index in [9.17, 15) is 4.79 Å². The standard InChI is InChI=1S/C10H18N2O/c1-6-8(3)12(7-2)9(4)10(13)11-5/h6H,4,7H2,1-3,5H3,(H,11,13)/b8-6-. The van der Waals surface area contributed by atoms with Crippen LogP contribution in [0.3, 0.4) is 0 Å². The third kappa shape index (κ3) is 2.93. The van der Waals surface area contributed by atoms with Gasteiger partial charge in [-0.2, -0.15) is 0 Å². The molecule has 0 rings (SSSR count). The van der Waals surface area contributed by atoms with Gasteiger partial charge in [-0.25, -0.2) is 0 Å². The summed E-state index contributed by atoms with van der Waals surface area (Å²) in [4.78, 5) is 13.1. The van der Waals surface area contributed by atoms with Crippen LogP contribution in [0, 0.1) is 0 Å². The van der Waals surface area contributed by atoms with Crippen molar-refractivity contribution in [3.8, 4) is 0 Å². The van der Waals surface area contributed by atoms with Crippen molar-refractivity contribution in [3.05, 3.63) is 24.0 Å². The number of nitrogens with zero attached hydrogens (tertiary/aromatic N) is 1. The Kier molecular flexibility index (Phi) is 4.89. The molecule has 0 radical (unpaired) electrons. The van der Waals surface area contributed by atoms with E-state index in [1.165, 1.54) is 0 Å². The molecule has 3 heteroatoms. The second kappa shape index (κ2) is 5.41. The predicted octanol–water partition coefficient (Wildman–Crippen LogP) is 1.49. The van der Waals surface area contributed by atoms with Gasteiger partial charge in [-0.3, -0.25) is 4.79 Å². The Morgan fingerprint density at radius 2 is 2.15 bits per heavy atom. The Hall–Kier alpha value is -1.25. The molecule has 3 nitrogen and oxygen atoms in total. The first-order valence-corrected chi connectivity index (χ1v) is 4.39. The summed E-state index contributed by atoms with van der Waals surface area (Å²) in [5.41, 5.74) is 1.52. The molecule has 0 aliphatic carbocycles. The van der Waals surface area contributed by atoms with Crippen molar-refractivity contribution in [2.75, 3.05) is 13.6 Å². The average Bonchev–Trinajstić information content (AvgIpc) is 2.17. The minimum absolute atomic E-state index is 0.136. The Morgan fingerprint density at radius 1 is 1.62 bits per heavy atom. The first kappa shape index (κ1) is 11.8. The summed E-state index contributed by atoms with van der Waals surface area (Å²) < 4.78 is 0. The summed E-state index contributed by atoms with van der Waals surface area (Å²) in [7, 11) is 1.60. The fourth-order valence-electron chi connectivity index (χ4n) is 1.08. The number of allylic oxidation sites excluding steroid dienone is 2. The molecule has 0 aliphatic rings. The van der Waals surface area contributed by atoms with E-state index in [2.05, 4.69) is 11.9 Å². The molecule has 1 amide bonds. The van der Waals surface area contributed by atoms with Gasteiger partial charge < -0.3 is 10.2 Å². The topological polar surface area (TPSA) is 32.3 Å². The second-order valence-corrected chi connectivity index (χ2v) is 2.70. The fraction of sp³-hybridized carbons (Fsp3) is 0.500. The highest BCUT2D eigenvalue weighted by Crippen LogP contribution is 2.10. The second-order valence-electron chi connectivity index (χ2n) is 2.70. The third-order valence-corrected chi connectivity index (χ3v) is 1.97. The lowest BCUT2D eigenvalue weighted by molar-refractivity contribution is -0.118. The van der Waals surface area contributed by atoms with Crippen molar-refractivity contribution >= 4 is 5.91 Å². The molecule has 0 bridgehead atoms. The molecule has 0 aromatic carbocycles. The van der Waals surface area contributed by atoms with Gasteiger partial charge in [-0.1, -0.05) is 12.7 Å². The van der Waals surface area contributed by atoms with Gasteiger partial charge in [0.2, 0.25) is 0 Å². The lowest BCUT2D eigenvalue weighted by Gasteiger charge is -2.24. The molecule has 0 saturated carbocycles. The van der Waals surface area contributed by atoms with Gasteiger partial charge in [0.25, 0.3) is 5.91 Å². The quantitative estimate of drug-likeness (QED) is 0.668. The van der Waals surface area contributed by atoms with E-state index in [1.54, 1.807) is 7.05 Å². The van der Waals surface area contributed by atoms with Crippen LogP contribution in [0.15, 0.2) is 24.0 Å². The molecule has 1 N–H and O–H groups in total. The number of likely N-dealkylation sites (N-methyl/N-ethyl adjacent to an activating group) is 2. The molecule has 0 heterocycles. The van der Waals surface area contributed by atoms with E-state index in [0.717, 1.165) is 12.2 Å². The van der Waals surface area contributed by atoms with Crippen LogP contribution in [-0.4, -0.2) is 24.4 Å². The van der Waals surface area contributed by atoms with E-state index in [0.29, 0.717) is 5.70 Å². The number of carbonyl (C=O) groups is 1. The number of nitrogens with one attached hydrogen (secondary N) is 1. The van der Waals surface area contributed by atoms with E-state index in [1.807, 2.05) is 31.7 Å². The first-order valence-electron chi connectivity index (χ1n) is 4.39. The zero-order valence-corrected chi connectivity index (χ0v) is 8.85. The molecule has 13 heavy (non-hydrogen) atoms. The van der Waals surface area contributed by atoms with Crippen LogP contribution in [-0.2, 0) is 4.79 Å². The maximum Gasteiger partial charge on any atom is 0.267 e. The molecular weight excluding hydrogens is 164 g/mol. The van der Waals surface area contributed by atoms with Gasteiger partial charge in [0.1, 0.15) is 0 Å². The van der Waals surface area contributed by atoms with Crippen molar-refractivity contribution in [1.29, 1.82) is 0 Å². The van der Waals surface area contributed by atoms with Crippen molar-refractivity contribution in [2.24, 2.45) is 0 Å². The number of amides is 1. The molecule has 0 atom stereocenters. The minimum atomic E-state index is -0.136. The van der Waals surface area contributed by atoms with Crippen molar-refractivity contribution in [3.63, 3.8) is 0 Å². The summed E-state index contributed by atoms with van der Waals surface area (Å²) in [6.07, 6.45) is 1.96.